The molecule has 2 aromatic heterocycles. The van der Waals surface area contributed by atoms with E-state index >= 15 is 0 Å². The van der Waals surface area contributed by atoms with Crippen LogP contribution in [-0.4, -0.2) is 22.1 Å². The molecule has 1 saturated heterocycles. The summed E-state index contributed by atoms with van der Waals surface area (Å²) in [4.78, 5) is 42.1. The Morgan fingerprint density at radius 3 is 2.60 bits per heavy atom. The molecule has 0 aliphatic carbocycles. The summed E-state index contributed by atoms with van der Waals surface area (Å²) < 4.78 is 11.0. The topological polar surface area (TPSA) is 98.5 Å². The average Bonchev–Trinajstić information content (AvgIpc) is 3.43. The first-order valence-electron chi connectivity index (χ1n) is 8.97. The molecule has 0 radical (unpaired) electrons. The number of carbonyl (C=O) groups is 3. The van der Waals surface area contributed by atoms with Gasteiger partial charge in [0.05, 0.1) is 15.3 Å². The number of nitrogens with zero attached hydrogens (tertiary/aromatic N) is 1. The highest BCUT2D eigenvalue weighted by Gasteiger charge is 2.25. The highest BCUT2D eigenvalue weighted by atomic mass is 32.2. The summed E-state index contributed by atoms with van der Waals surface area (Å²) in [6.07, 6.45) is 2.50. The van der Waals surface area contributed by atoms with Gasteiger partial charge >= 0.3 is 5.97 Å². The van der Waals surface area contributed by atoms with Crippen molar-refractivity contribution < 1.29 is 23.5 Å². The third-order valence-corrected chi connectivity index (χ3v) is 6.06. The SMILES string of the molecule is Cc1ccc(-c2nc(C(C)OC(=O)c3ccc(/C=C4\SC(=O)NC4=O)cc3)co2)s1. The minimum absolute atomic E-state index is 0.312. The predicted molar refractivity (Wildman–Crippen MR) is 114 cm³/mol. The number of thiophene rings is 1. The van der Waals surface area contributed by atoms with Gasteiger partial charge in [-0.25, -0.2) is 9.78 Å². The first-order valence-corrected chi connectivity index (χ1v) is 10.6. The van der Waals surface area contributed by atoms with Gasteiger partial charge in [-0.15, -0.1) is 11.3 Å². The van der Waals surface area contributed by atoms with Gasteiger partial charge in [-0.1, -0.05) is 12.1 Å². The Morgan fingerprint density at radius 1 is 1.20 bits per heavy atom. The van der Waals surface area contributed by atoms with Gasteiger partial charge < -0.3 is 9.15 Å². The van der Waals surface area contributed by atoms with Gasteiger partial charge in [-0.3, -0.25) is 14.9 Å². The van der Waals surface area contributed by atoms with Crippen LogP contribution in [0.15, 0.2) is 52.0 Å². The molecule has 7 nitrogen and oxygen atoms in total. The first-order chi connectivity index (χ1) is 14.4. The van der Waals surface area contributed by atoms with Crippen LogP contribution in [0.2, 0.25) is 0 Å². The monoisotopic (exact) mass is 440 g/mol. The number of esters is 1. The fraction of sp³-hybridized carbons (Fsp3) is 0.143. The highest BCUT2D eigenvalue weighted by molar-refractivity contribution is 8.18. The normalized spacial score (nSPS) is 16.0. The Balaban J connectivity index is 1.41. The number of aryl methyl sites for hydroxylation is 1. The molecular formula is C21H16N2O5S2. The standard InChI is InChI=1S/C21H16N2O5S2/c1-11-3-8-16(29-11)19-22-15(10-27-19)12(2)28-20(25)14-6-4-13(5-7-14)9-17-18(24)23-21(26)30-17/h3-10,12H,1-2H3,(H,23,24,26)/b17-9-. The smallest absolute Gasteiger partial charge is 0.338 e. The number of hydrogen-bond acceptors (Lipinski definition) is 8. The minimum atomic E-state index is -0.581. The van der Waals surface area contributed by atoms with Gasteiger partial charge in [0.2, 0.25) is 5.89 Å². The van der Waals surface area contributed by atoms with E-state index in [4.69, 9.17) is 9.15 Å². The molecule has 152 valence electrons. The second-order valence-corrected chi connectivity index (χ2v) is 8.81. The lowest BCUT2D eigenvalue weighted by atomic mass is 10.1. The van der Waals surface area contributed by atoms with Crippen LogP contribution >= 0.6 is 23.1 Å². The zero-order chi connectivity index (χ0) is 21.3. The van der Waals surface area contributed by atoms with Crippen molar-refractivity contribution in [3.8, 4) is 10.8 Å². The maximum absolute atomic E-state index is 12.5. The van der Waals surface area contributed by atoms with E-state index in [-0.39, 0.29) is 0 Å². The Hall–Kier alpha value is -3.17. The zero-order valence-electron chi connectivity index (χ0n) is 16.0. The lowest BCUT2D eigenvalue weighted by Crippen LogP contribution is -2.17. The van der Waals surface area contributed by atoms with Crippen molar-refractivity contribution in [3.63, 3.8) is 0 Å². The molecule has 1 aromatic carbocycles. The summed E-state index contributed by atoms with van der Waals surface area (Å²) in [5.41, 5.74) is 1.58. The van der Waals surface area contributed by atoms with Crippen LogP contribution in [0.25, 0.3) is 16.8 Å². The second kappa shape index (κ2) is 8.29. The quantitative estimate of drug-likeness (QED) is 0.442. The third kappa shape index (κ3) is 4.37. The lowest BCUT2D eigenvalue weighted by molar-refractivity contribution is -0.115. The molecule has 0 bridgehead atoms. The molecule has 1 fully saturated rings. The van der Waals surface area contributed by atoms with Gasteiger partial charge in [-0.2, -0.15) is 0 Å². The maximum atomic E-state index is 12.5. The molecule has 30 heavy (non-hydrogen) atoms. The van der Waals surface area contributed by atoms with Crippen molar-refractivity contribution in [1.29, 1.82) is 0 Å². The van der Waals surface area contributed by atoms with Crippen molar-refractivity contribution in [3.05, 3.63) is 69.3 Å². The largest absolute Gasteiger partial charge is 0.452 e. The van der Waals surface area contributed by atoms with E-state index in [2.05, 4.69) is 10.3 Å². The van der Waals surface area contributed by atoms with Gasteiger partial charge in [0, 0.05) is 4.88 Å². The summed E-state index contributed by atoms with van der Waals surface area (Å²) >= 11 is 2.42. The summed E-state index contributed by atoms with van der Waals surface area (Å²) in [7, 11) is 0. The van der Waals surface area contributed by atoms with Gasteiger partial charge in [0.15, 0.2) is 0 Å². The molecule has 1 atom stereocenters. The number of oxazole rings is 1. The van der Waals surface area contributed by atoms with Crippen LogP contribution in [0.3, 0.4) is 0 Å². The summed E-state index contributed by atoms with van der Waals surface area (Å²) in [6, 6.07) is 10.5. The zero-order valence-corrected chi connectivity index (χ0v) is 17.6. The summed E-state index contributed by atoms with van der Waals surface area (Å²) in [5, 5.41) is 1.80. The van der Waals surface area contributed by atoms with E-state index < -0.39 is 23.2 Å². The van der Waals surface area contributed by atoms with Crippen molar-refractivity contribution >= 4 is 46.3 Å². The van der Waals surface area contributed by atoms with Crippen LogP contribution in [0.4, 0.5) is 4.79 Å². The number of rotatable bonds is 5. The second-order valence-electron chi connectivity index (χ2n) is 6.51. The third-order valence-electron chi connectivity index (χ3n) is 4.26. The molecule has 1 unspecified atom stereocenters. The van der Waals surface area contributed by atoms with Crippen LogP contribution in [0.1, 0.15) is 39.5 Å². The molecule has 1 aliphatic rings. The van der Waals surface area contributed by atoms with Crippen LogP contribution in [0.5, 0.6) is 0 Å². The summed E-state index contributed by atoms with van der Waals surface area (Å²) in [6.45, 7) is 3.73. The van der Waals surface area contributed by atoms with Crippen molar-refractivity contribution in [2.75, 3.05) is 0 Å². The van der Waals surface area contributed by atoms with Crippen LogP contribution in [-0.2, 0) is 9.53 Å². The van der Waals surface area contributed by atoms with E-state index in [0.29, 0.717) is 27.6 Å². The molecule has 1 aliphatic heterocycles. The number of nitrogens with one attached hydrogen (secondary N) is 1. The number of amides is 2. The van der Waals surface area contributed by atoms with Gasteiger partial charge in [0.25, 0.3) is 11.1 Å². The Bertz CT molecular complexity index is 1160. The molecule has 4 rings (SSSR count). The van der Waals surface area contributed by atoms with Crippen molar-refractivity contribution in [1.82, 2.24) is 10.3 Å². The van der Waals surface area contributed by atoms with E-state index in [0.717, 1.165) is 21.5 Å². The molecule has 0 spiro atoms. The molecular weight excluding hydrogens is 424 g/mol. The molecule has 1 N–H and O–H groups in total. The molecule has 3 aromatic rings. The van der Waals surface area contributed by atoms with Gasteiger partial charge in [-0.05, 0) is 61.5 Å². The number of thioether (sulfide) groups is 1. The van der Waals surface area contributed by atoms with E-state index in [9.17, 15) is 14.4 Å². The fourth-order valence-corrected chi connectivity index (χ4v) is 4.19. The molecule has 9 heteroatoms. The van der Waals surface area contributed by atoms with Crippen LogP contribution < -0.4 is 5.32 Å². The number of hydrogen-bond donors (Lipinski definition) is 1. The maximum Gasteiger partial charge on any atom is 0.338 e. The predicted octanol–water partition coefficient (Wildman–Crippen LogP) is 4.95. The number of ether oxygens (including phenoxy) is 1. The van der Waals surface area contributed by atoms with Crippen LogP contribution in [0, 0.1) is 6.92 Å². The van der Waals surface area contributed by atoms with E-state index in [1.54, 1.807) is 48.6 Å². The Morgan fingerprint density at radius 2 is 1.97 bits per heavy atom. The number of aromatic nitrogens is 1. The highest BCUT2D eigenvalue weighted by Crippen LogP contribution is 2.29. The first kappa shape index (κ1) is 20.1. The molecule has 2 amide bonds. The summed E-state index contributed by atoms with van der Waals surface area (Å²) in [5.74, 6) is -0.427. The lowest BCUT2D eigenvalue weighted by Gasteiger charge is -2.10. The fourth-order valence-electron chi connectivity index (χ4n) is 2.71. The number of imide groups is 1. The molecule has 0 saturated carbocycles. The number of carbonyl (C=O) groups excluding carboxylic acids is 3. The van der Waals surface area contributed by atoms with Crippen molar-refractivity contribution in [2.45, 2.75) is 20.0 Å². The van der Waals surface area contributed by atoms with Gasteiger partial charge in [0.1, 0.15) is 18.1 Å². The Kier molecular flexibility index (Phi) is 5.56. The molecule has 3 heterocycles. The minimum Gasteiger partial charge on any atom is -0.452 e. The Labute approximate surface area is 180 Å². The van der Waals surface area contributed by atoms with Crippen molar-refractivity contribution in [2.24, 2.45) is 0 Å². The average molecular weight is 441 g/mol. The number of benzene rings is 1. The van der Waals surface area contributed by atoms with E-state index in [1.165, 1.54) is 6.26 Å². The van der Waals surface area contributed by atoms with E-state index in [1.807, 2.05) is 19.1 Å².